The predicted octanol–water partition coefficient (Wildman–Crippen LogP) is -0.949. The first kappa shape index (κ1) is 10.6. The first-order chi connectivity index (χ1) is 7.58. The SMILES string of the molecule is Cn1nnc(Cn2cnc(Cl)c(N)c2=O)n1. The van der Waals surface area contributed by atoms with Crippen LogP contribution in [-0.4, -0.2) is 29.8 Å². The Bertz CT molecular complexity index is 574. The Balaban J connectivity index is 2.36. The monoisotopic (exact) mass is 241 g/mol. The molecule has 0 aliphatic rings. The van der Waals surface area contributed by atoms with E-state index < -0.39 is 5.56 Å². The van der Waals surface area contributed by atoms with Gasteiger partial charge in [-0.3, -0.25) is 9.36 Å². The smallest absolute Gasteiger partial charge is 0.278 e. The van der Waals surface area contributed by atoms with Crippen molar-refractivity contribution in [2.24, 2.45) is 7.05 Å². The minimum absolute atomic E-state index is 0.00615. The fourth-order valence-corrected chi connectivity index (χ4v) is 1.26. The number of anilines is 1. The van der Waals surface area contributed by atoms with E-state index in [0.717, 1.165) is 0 Å². The van der Waals surface area contributed by atoms with Gasteiger partial charge in [0, 0.05) is 0 Å². The summed E-state index contributed by atoms with van der Waals surface area (Å²) < 4.78 is 1.26. The summed E-state index contributed by atoms with van der Waals surface area (Å²) >= 11 is 5.60. The Hall–Kier alpha value is -1.96. The molecule has 2 rings (SSSR count). The van der Waals surface area contributed by atoms with E-state index in [0.29, 0.717) is 5.82 Å². The molecule has 16 heavy (non-hydrogen) atoms. The zero-order valence-electron chi connectivity index (χ0n) is 8.33. The van der Waals surface area contributed by atoms with Crippen molar-refractivity contribution in [3.63, 3.8) is 0 Å². The fourth-order valence-electron chi connectivity index (χ4n) is 1.14. The molecule has 0 saturated heterocycles. The van der Waals surface area contributed by atoms with Gasteiger partial charge < -0.3 is 5.73 Å². The largest absolute Gasteiger partial charge is 0.392 e. The Labute approximate surface area is 94.7 Å². The van der Waals surface area contributed by atoms with E-state index in [9.17, 15) is 4.79 Å². The lowest BCUT2D eigenvalue weighted by Gasteiger charge is -2.03. The Morgan fingerprint density at radius 3 is 2.94 bits per heavy atom. The molecule has 84 valence electrons. The summed E-state index contributed by atoms with van der Waals surface area (Å²) in [5, 5.41) is 11.3. The van der Waals surface area contributed by atoms with E-state index in [1.54, 1.807) is 7.05 Å². The maximum absolute atomic E-state index is 11.6. The number of aryl methyl sites for hydroxylation is 1. The van der Waals surface area contributed by atoms with Gasteiger partial charge in [-0.25, -0.2) is 4.98 Å². The molecule has 0 spiro atoms. The highest BCUT2D eigenvalue weighted by atomic mass is 35.5. The van der Waals surface area contributed by atoms with Crippen LogP contribution in [0.25, 0.3) is 0 Å². The number of hydrogen-bond acceptors (Lipinski definition) is 6. The van der Waals surface area contributed by atoms with Crippen LogP contribution >= 0.6 is 11.6 Å². The van der Waals surface area contributed by atoms with Crippen LogP contribution in [0.3, 0.4) is 0 Å². The van der Waals surface area contributed by atoms with Gasteiger partial charge in [-0.1, -0.05) is 11.6 Å². The molecule has 2 aromatic rings. The van der Waals surface area contributed by atoms with Crippen LogP contribution in [0.15, 0.2) is 11.1 Å². The zero-order chi connectivity index (χ0) is 11.7. The third-order valence-corrected chi connectivity index (χ3v) is 2.19. The summed E-state index contributed by atoms with van der Waals surface area (Å²) in [6.07, 6.45) is 1.29. The number of nitrogens with zero attached hydrogens (tertiary/aromatic N) is 6. The van der Waals surface area contributed by atoms with Crippen LogP contribution in [-0.2, 0) is 13.6 Å². The summed E-state index contributed by atoms with van der Waals surface area (Å²) in [5.41, 5.74) is 4.94. The van der Waals surface area contributed by atoms with Gasteiger partial charge in [0.05, 0.1) is 19.9 Å². The molecule has 9 heteroatoms. The van der Waals surface area contributed by atoms with Gasteiger partial charge >= 0.3 is 0 Å². The molecule has 2 N–H and O–H groups in total. The van der Waals surface area contributed by atoms with Crippen molar-refractivity contribution in [1.82, 2.24) is 29.8 Å². The number of tetrazole rings is 1. The molecule has 0 saturated carbocycles. The minimum atomic E-state index is -0.424. The second-order valence-corrected chi connectivity index (χ2v) is 3.44. The number of hydrogen-bond donors (Lipinski definition) is 1. The first-order valence-corrected chi connectivity index (χ1v) is 4.69. The lowest BCUT2D eigenvalue weighted by Crippen LogP contribution is -2.24. The second kappa shape index (κ2) is 3.89. The molecule has 0 radical (unpaired) electrons. The Morgan fingerprint density at radius 1 is 1.56 bits per heavy atom. The summed E-state index contributed by atoms with van der Waals surface area (Å²) in [6.45, 7) is 0.154. The van der Waals surface area contributed by atoms with Crippen molar-refractivity contribution in [3.05, 3.63) is 27.7 Å². The maximum atomic E-state index is 11.6. The third-order valence-electron chi connectivity index (χ3n) is 1.89. The number of aromatic nitrogens is 6. The highest BCUT2D eigenvalue weighted by molar-refractivity contribution is 6.31. The van der Waals surface area contributed by atoms with Crippen molar-refractivity contribution in [1.29, 1.82) is 0 Å². The molecule has 0 fully saturated rings. The average molecular weight is 242 g/mol. The van der Waals surface area contributed by atoms with Crippen LogP contribution in [0.2, 0.25) is 5.15 Å². The van der Waals surface area contributed by atoms with Gasteiger partial charge in [0.2, 0.25) is 0 Å². The molecule has 0 aliphatic carbocycles. The molecule has 0 amide bonds. The molecule has 0 bridgehead atoms. The third kappa shape index (κ3) is 1.87. The van der Waals surface area contributed by atoms with E-state index in [-0.39, 0.29) is 17.4 Å². The van der Waals surface area contributed by atoms with E-state index in [1.165, 1.54) is 15.7 Å². The van der Waals surface area contributed by atoms with Crippen LogP contribution in [0.5, 0.6) is 0 Å². The predicted molar refractivity (Wildman–Crippen MR) is 55.8 cm³/mol. The molecule has 2 aromatic heterocycles. The first-order valence-electron chi connectivity index (χ1n) is 4.31. The molecular weight excluding hydrogens is 234 g/mol. The summed E-state index contributed by atoms with van der Waals surface area (Å²) in [7, 11) is 1.63. The van der Waals surface area contributed by atoms with E-state index in [1.807, 2.05) is 0 Å². The van der Waals surface area contributed by atoms with Crippen molar-refractivity contribution >= 4 is 17.3 Å². The number of nitrogen functional groups attached to an aromatic ring is 1. The van der Waals surface area contributed by atoms with E-state index >= 15 is 0 Å². The average Bonchev–Trinajstić information content (AvgIpc) is 2.65. The Morgan fingerprint density at radius 2 is 2.31 bits per heavy atom. The molecule has 2 heterocycles. The summed E-state index contributed by atoms with van der Waals surface area (Å²) in [5.74, 6) is 0.396. The van der Waals surface area contributed by atoms with Crippen molar-refractivity contribution in [3.8, 4) is 0 Å². The van der Waals surface area contributed by atoms with Gasteiger partial charge in [0.1, 0.15) is 5.69 Å². The number of halogens is 1. The van der Waals surface area contributed by atoms with Crippen molar-refractivity contribution in [2.45, 2.75) is 6.54 Å². The van der Waals surface area contributed by atoms with E-state index in [4.69, 9.17) is 17.3 Å². The lowest BCUT2D eigenvalue weighted by molar-refractivity contribution is 0.623. The lowest BCUT2D eigenvalue weighted by atomic mass is 10.5. The van der Waals surface area contributed by atoms with Crippen LogP contribution in [0.4, 0.5) is 5.69 Å². The molecule has 0 atom stereocenters. The summed E-state index contributed by atoms with van der Waals surface area (Å²) in [6, 6.07) is 0. The van der Waals surface area contributed by atoms with Gasteiger partial charge in [0.15, 0.2) is 11.0 Å². The molecule has 0 aromatic carbocycles. The maximum Gasteiger partial charge on any atom is 0.278 e. The molecule has 0 aliphatic heterocycles. The number of rotatable bonds is 2. The van der Waals surface area contributed by atoms with Gasteiger partial charge in [-0.2, -0.15) is 4.80 Å². The van der Waals surface area contributed by atoms with Crippen molar-refractivity contribution < 1.29 is 0 Å². The summed E-state index contributed by atoms with van der Waals surface area (Å²) in [4.78, 5) is 16.7. The van der Waals surface area contributed by atoms with Crippen LogP contribution in [0.1, 0.15) is 5.82 Å². The van der Waals surface area contributed by atoms with Gasteiger partial charge in [0.25, 0.3) is 5.56 Å². The second-order valence-electron chi connectivity index (χ2n) is 3.08. The zero-order valence-corrected chi connectivity index (χ0v) is 9.09. The Kier molecular flexibility index (Phi) is 2.57. The highest BCUT2D eigenvalue weighted by Crippen LogP contribution is 2.08. The molecular formula is C7H8ClN7O. The van der Waals surface area contributed by atoms with Crippen LogP contribution in [0, 0.1) is 0 Å². The van der Waals surface area contributed by atoms with Gasteiger partial charge in [-0.15, -0.1) is 10.2 Å². The standard InChI is InChI=1S/C7H8ClN7O/c1-14-12-4(11-13-14)2-15-3-10-6(8)5(9)7(15)16/h3H,2,9H2,1H3. The highest BCUT2D eigenvalue weighted by Gasteiger charge is 2.08. The van der Waals surface area contributed by atoms with E-state index in [2.05, 4.69) is 20.4 Å². The molecule has 0 unspecified atom stereocenters. The van der Waals surface area contributed by atoms with Gasteiger partial charge in [-0.05, 0) is 5.21 Å². The number of nitrogens with two attached hydrogens (primary N) is 1. The van der Waals surface area contributed by atoms with Crippen LogP contribution < -0.4 is 11.3 Å². The normalized spacial score (nSPS) is 10.6. The fraction of sp³-hybridized carbons (Fsp3) is 0.286. The topological polar surface area (TPSA) is 105 Å². The van der Waals surface area contributed by atoms with Crippen molar-refractivity contribution in [2.75, 3.05) is 5.73 Å². The minimum Gasteiger partial charge on any atom is -0.392 e. The molecule has 8 nitrogen and oxygen atoms in total. The quantitative estimate of drug-likeness (QED) is 0.680.